The lowest BCUT2D eigenvalue weighted by Gasteiger charge is -2.09. The molecule has 1 rings (SSSR count). The lowest BCUT2D eigenvalue weighted by Crippen LogP contribution is -2.10. The van der Waals surface area contributed by atoms with Crippen molar-refractivity contribution in [3.05, 3.63) is 12.4 Å². The van der Waals surface area contributed by atoms with Crippen LogP contribution in [0.4, 0.5) is 5.82 Å². The summed E-state index contributed by atoms with van der Waals surface area (Å²) in [5.41, 5.74) is 0. The van der Waals surface area contributed by atoms with Gasteiger partial charge in [0.05, 0.1) is 25.4 Å². The molecular weight excluding hydrogens is 222 g/mol. The molecule has 0 atom stereocenters. The van der Waals surface area contributed by atoms with E-state index in [-0.39, 0.29) is 6.42 Å². The number of rotatable bonds is 7. The van der Waals surface area contributed by atoms with Crippen molar-refractivity contribution in [3.63, 3.8) is 0 Å². The number of nitrogens with one attached hydrogen (secondary N) is 1. The number of carbonyl (C=O) groups is 1. The number of hydrogen-bond donors (Lipinski definition) is 2. The van der Waals surface area contributed by atoms with E-state index in [4.69, 9.17) is 9.84 Å². The number of ether oxygens (including phenoxy) is 1. The van der Waals surface area contributed by atoms with Crippen LogP contribution in [-0.2, 0) is 4.79 Å². The van der Waals surface area contributed by atoms with Crippen LogP contribution in [0.15, 0.2) is 12.4 Å². The number of aromatic nitrogens is 2. The zero-order valence-corrected chi connectivity index (χ0v) is 10.0. The van der Waals surface area contributed by atoms with E-state index < -0.39 is 5.97 Å². The van der Waals surface area contributed by atoms with Crippen LogP contribution >= 0.6 is 0 Å². The molecule has 1 heterocycles. The fourth-order valence-electron chi connectivity index (χ4n) is 1.05. The molecule has 94 valence electrons. The van der Waals surface area contributed by atoms with E-state index >= 15 is 0 Å². The molecule has 0 fully saturated rings. The molecule has 0 unspecified atom stereocenters. The summed E-state index contributed by atoms with van der Waals surface area (Å²) in [5.74, 6) is 0.532. The molecule has 0 aromatic carbocycles. The van der Waals surface area contributed by atoms with E-state index in [0.717, 1.165) is 0 Å². The van der Waals surface area contributed by atoms with Gasteiger partial charge in [-0.2, -0.15) is 4.98 Å². The average molecular weight is 239 g/mol. The largest absolute Gasteiger partial charge is 0.481 e. The number of aliphatic carboxylic acids is 1. The highest BCUT2D eigenvalue weighted by molar-refractivity contribution is 5.67. The summed E-state index contributed by atoms with van der Waals surface area (Å²) in [5, 5.41) is 11.4. The fraction of sp³-hybridized carbons (Fsp3) is 0.545. The van der Waals surface area contributed by atoms with E-state index in [9.17, 15) is 4.79 Å². The molecule has 0 spiro atoms. The SMILES string of the molecule is CC(C)COc1cncc(NCCC(=O)O)n1. The summed E-state index contributed by atoms with van der Waals surface area (Å²) in [6.07, 6.45) is 3.10. The molecule has 0 radical (unpaired) electrons. The summed E-state index contributed by atoms with van der Waals surface area (Å²) in [7, 11) is 0. The Hall–Kier alpha value is -1.85. The van der Waals surface area contributed by atoms with Crippen LogP contribution in [0.5, 0.6) is 5.88 Å². The normalized spacial score (nSPS) is 10.3. The first kappa shape index (κ1) is 13.2. The Kier molecular flexibility index (Phi) is 5.19. The van der Waals surface area contributed by atoms with E-state index in [0.29, 0.717) is 30.8 Å². The molecule has 1 aromatic rings. The maximum atomic E-state index is 10.3. The lowest BCUT2D eigenvalue weighted by atomic mass is 10.2. The molecule has 0 aliphatic heterocycles. The van der Waals surface area contributed by atoms with Gasteiger partial charge in [0.25, 0.3) is 0 Å². The first-order valence-corrected chi connectivity index (χ1v) is 5.48. The topological polar surface area (TPSA) is 84.3 Å². The van der Waals surface area contributed by atoms with Crippen molar-refractivity contribution in [1.29, 1.82) is 0 Å². The van der Waals surface area contributed by atoms with Gasteiger partial charge in [-0.3, -0.25) is 9.78 Å². The van der Waals surface area contributed by atoms with Gasteiger partial charge in [-0.15, -0.1) is 0 Å². The molecular formula is C11H17N3O3. The Balaban J connectivity index is 2.45. The maximum absolute atomic E-state index is 10.3. The second kappa shape index (κ2) is 6.67. The van der Waals surface area contributed by atoms with Gasteiger partial charge in [-0.1, -0.05) is 13.8 Å². The molecule has 0 amide bonds. The van der Waals surface area contributed by atoms with Crippen molar-refractivity contribution in [2.24, 2.45) is 5.92 Å². The molecule has 17 heavy (non-hydrogen) atoms. The highest BCUT2D eigenvalue weighted by Gasteiger charge is 2.02. The van der Waals surface area contributed by atoms with Crippen molar-refractivity contribution in [2.45, 2.75) is 20.3 Å². The second-order valence-corrected chi connectivity index (χ2v) is 4.02. The van der Waals surface area contributed by atoms with Gasteiger partial charge in [-0.05, 0) is 5.92 Å². The van der Waals surface area contributed by atoms with Gasteiger partial charge < -0.3 is 15.2 Å². The van der Waals surface area contributed by atoms with Gasteiger partial charge in [0, 0.05) is 6.54 Å². The summed E-state index contributed by atoms with van der Waals surface area (Å²) in [4.78, 5) is 18.4. The Morgan fingerprint density at radius 2 is 2.29 bits per heavy atom. The lowest BCUT2D eigenvalue weighted by molar-refractivity contribution is -0.136. The van der Waals surface area contributed by atoms with Crippen LogP contribution in [0.1, 0.15) is 20.3 Å². The van der Waals surface area contributed by atoms with Gasteiger partial charge in [0.2, 0.25) is 5.88 Å². The molecule has 0 aliphatic rings. The van der Waals surface area contributed by atoms with Crippen molar-refractivity contribution in [1.82, 2.24) is 9.97 Å². The van der Waals surface area contributed by atoms with Crippen LogP contribution < -0.4 is 10.1 Å². The zero-order valence-electron chi connectivity index (χ0n) is 10.0. The number of carboxylic acids is 1. The minimum absolute atomic E-state index is 0.0404. The summed E-state index contributed by atoms with van der Waals surface area (Å²) < 4.78 is 5.41. The van der Waals surface area contributed by atoms with Crippen molar-refractivity contribution in [2.75, 3.05) is 18.5 Å². The molecule has 1 aromatic heterocycles. The zero-order chi connectivity index (χ0) is 12.7. The molecule has 6 nitrogen and oxygen atoms in total. The standard InChI is InChI=1S/C11H17N3O3/c1-8(2)7-17-10-6-12-5-9(14-10)13-4-3-11(15)16/h5-6,8H,3-4,7H2,1-2H3,(H,13,14)(H,15,16). The Morgan fingerprint density at radius 3 is 2.94 bits per heavy atom. The summed E-state index contributed by atoms with van der Waals surface area (Å²) in [6, 6.07) is 0. The maximum Gasteiger partial charge on any atom is 0.305 e. The summed E-state index contributed by atoms with van der Waals surface area (Å²) in [6.45, 7) is 4.98. The van der Waals surface area contributed by atoms with Crippen LogP contribution in [0.2, 0.25) is 0 Å². The van der Waals surface area contributed by atoms with E-state index in [2.05, 4.69) is 15.3 Å². The minimum Gasteiger partial charge on any atom is -0.481 e. The Morgan fingerprint density at radius 1 is 1.53 bits per heavy atom. The molecule has 0 saturated heterocycles. The number of hydrogen-bond acceptors (Lipinski definition) is 5. The van der Waals surface area contributed by atoms with E-state index in [1.165, 1.54) is 12.4 Å². The Labute approximate surface area is 100 Å². The van der Waals surface area contributed by atoms with Crippen molar-refractivity contribution >= 4 is 11.8 Å². The second-order valence-electron chi connectivity index (χ2n) is 4.02. The van der Waals surface area contributed by atoms with Crippen LogP contribution in [0, 0.1) is 5.92 Å². The minimum atomic E-state index is -0.849. The van der Waals surface area contributed by atoms with Gasteiger partial charge in [-0.25, -0.2) is 0 Å². The molecule has 2 N–H and O–H groups in total. The van der Waals surface area contributed by atoms with Crippen LogP contribution in [0.3, 0.4) is 0 Å². The predicted octanol–water partition coefficient (Wildman–Crippen LogP) is 1.40. The molecule has 6 heteroatoms. The molecule has 0 aliphatic carbocycles. The van der Waals surface area contributed by atoms with Crippen molar-refractivity contribution in [3.8, 4) is 5.88 Å². The summed E-state index contributed by atoms with van der Waals surface area (Å²) >= 11 is 0. The van der Waals surface area contributed by atoms with Crippen molar-refractivity contribution < 1.29 is 14.6 Å². The van der Waals surface area contributed by atoms with Crippen LogP contribution in [-0.4, -0.2) is 34.2 Å². The first-order valence-electron chi connectivity index (χ1n) is 5.48. The third-order valence-electron chi connectivity index (χ3n) is 1.82. The first-order chi connectivity index (χ1) is 8.08. The third-order valence-corrected chi connectivity index (χ3v) is 1.82. The highest BCUT2D eigenvalue weighted by Crippen LogP contribution is 2.10. The van der Waals surface area contributed by atoms with Gasteiger partial charge >= 0.3 is 5.97 Å². The van der Waals surface area contributed by atoms with Crippen LogP contribution in [0.25, 0.3) is 0 Å². The molecule has 0 bridgehead atoms. The third kappa shape index (κ3) is 5.70. The molecule has 0 saturated carbocycles. The predicted molar refractivity (Wildman–Crippen MR) is 63.1 cm³/mol. The number of nitrogens with zero attached hydrogens (tertiary/aromatic N) is 2. The monoisotopic (exact) mass is 239 g/mol. The van der Waals surface area contributed by atoms with E-state index in [1.807, 2.05) is 13.8 Å². The number of carboxylic acid groups (broad SMARTS) is 1. The number of anilines is 1. The smallest absolute Gasteiger partial charge is 0.305 e. The van der Waals surface area contributed by atoms with Gasteiger partial charge in [0.15, 0.2) is 0 Å². The highest BCUT2D eigenvalue weighted by atomic mass is 16.5. The Bertz CT molecular complexity index is 369. The quantitative estimate of drug-likeness (QED) is 0.748. The van der Waals surface area contributed by atoms with Gasteiger partial charge in [0.1, 0.15) is 5.82 Å². The fourth-order valence-corrected chi connectivity index (χ4v) is 1.05. The average Bonchev–Trinajstić information content (AvgIpc) is 2.26. The van der Waals surface area contributed by atoms with E-state index in [1.54, 1.807) is 0 Å².